The summed E-state index contributed by atoms with van der Waals surface area (Å²) in [5, 5.41) is 15.8. The number of aromatic amines is 1. The summed E-state index contributed by atoms with van der Waals surface area (Å²) >= 11 is 0. The summed E-state index contributed by atoms with van der Waals surface area (Å²) in [6.45, 7) is 0. The van der Waals surface area contributed by atoms with Crippen LogP contribution in [0.5, 0.6) is 0 Å². The average molecular weight is 177 g/mol. The van der Waals surface area contributed by atoms with E-state index in [0.717, 1.165) is 0 Å². The number of fused-ring (bicyclic) bond motifs is 1. The molecule has 0 spiro atoms. The molecule has 0 amide bonds. The third kappa shape index (κ3) is 1.10. The van der Waals surface area contributed by atoms with Crippen LogP contribution in [0.15, 0.2) is 18.3 Å². The van der Waals surface area contributed by atoms with Gasteiger partial charge < -0.3 is 10.8 Å². The van der Waals surface area contributed by atoms with E-state index in [4.69, 9.17) is 10.8 Å². The predicted octanol–water partition coefficient (Wildman–Crippen LogP) is 0.843. The zero-order valence-electron chi connectivity index (χ0n) is 6.61. The number of hydrogen-bond acceptors (Lipinski definition) is 3. The third-order valence-corrected chi connectivity index (χ3v) is 1.81. The molecule has 1 aromatic carbocycles. The SMILES string of the molecule is Nc1cc(C(=O)O)c2cn[nH]c2c1. The Kier molecular flexibility index (Phi) is 1.45. The van der Waals surface area contributed by atoms with Crippen molar-refractivity contribution in [2.45, 2.75) is 0 Å². The van der Waals surface area contributed by atoms with Crippen LogP contribution in [-0.2, 0) is 0 Å². The first-order valence-corrected chi connectivity index (χ1v) is 3.64. The molecular weight excluding hydrogens is 170 g/mol. The summed E-state index contributed by atoms with van der Waals surface area (Å²) < 4.78 is 0. The number of aromatic nitrogens is 2. The zero-order chi connectivity index (χ0) is 9.42. The van der Waals surface area contributed by atoms with Gasteiger partial charge in [0.2, 0.25) is 0 Å². The number of carboxylic acids is 1. The number of nitrogens with one attached hydrogen (secondary N) is 1. The zero-order valence-corrected chi connectivity index (χ0v) is 6.61. The number of nitrogens with two attached hydrogens (primary N) is 1. The molecule has 0 aliphatic carbocycles. The van der Waals surface area contributed by atoms with Crippen molar-refractivity contribution in [2.75, 3.05) is 5.73 Å². The fourth-order valence-corrected chi connectivity index (χ4v) is 1.25. The van der Waals surface area contributed by atoms with Gasteiger partial charge in [-0.25, -0.2) is 4.79 Å². The molecule has 0 saturated carbocycles. The van der Waals surface area contributed by atoms with Crippen LogP contribution in [0.3, 0.4) is 0 Å². The van der Waals surface area contributed by atoms with Crippen LogP contribution in [0, 0.1) is 0 Å². The van der Waals surface area contributed by atoms with Crippen LogP contribution in [-0.4, -0.2) is 21.3 Å². The molecular formula is C8H7N3O2. The van der Waals surface area contributed by atoms with Crippen molar-refractivity contribution >= 4 is 22.6 Å². The lowest BCUT2D eigenvalue weighted by Gasteiger charge is -1.98. The maximum absolute atomic E-state index is 10.8. The Morgan fingerprint density at radius 1 is 1.54 bits per heavy atom. The second kappa shape index (κ2) is 2.48. The molecule has 2 aromatic rings. The van der Waals surface area contributed by atoms with Crippen molar-refractivity contribution in [1.29, 1.82) is 0 Å². The van der Waals surface area contributed by atoms with E-state index in [1.54, 1.807) is 6.07 Å². The molecule has 0 unspecified atom stereocenters. The smallest absolute Gasteiger partial charge is 0.336 e. The van der Waals surface area contributed by atoms with Crippen LogP contribution >= 0.6 is 0 Å². The van der Waals surface area contributed by atoms with E-state index in [1.165, 1.54) is 12.3 Å². The maximum atomic E-state index is 10.8. The summed E-state index contributed by atoms with van der Waals surface area (Å²) in [5.41, 5.74) is 6.73. The van der Waals surface area contributed by atoms with Crippen LogP contribution in [0.4, 0.5) is 5.69 Å². The van der Waals surface area contributed by atoms with E-state index in [1.807, 2.05) is 0 Å². The van der Waals surface area contributed by atoms with Gasteiger partial charge in [-0.15, -0.1) is 0 Å². The second-order valence-corrected chi connectivity index (χ2v) is 2.70. The molecule has 0 radical (unpaired) electrons. The number of carboxylic acid groups (broad SMARTS) is 1. The van der Waals surface area contributed by atoms with E-state index in [0.29, 0.717) is 16.6 Å². The van der Waals surface area contributed by atoms with Gasteiger partial charge in [0.05, 0.1) is 17.3 Å². The molecule has 2 rings (SSSR count). The first kappa shape index (κ1) is 7.60. The van der Waals surface area contributed by atoms with E-state index in [2.05, 4.69) is 10.2 Å². The maximum Gasteiger partial charge on any atom is 0.336 e. The molecule has 5 nitrogen and oxygen atoms in total. The summed E-state index contributed by atoms with van der Waals surface area (Å²) in [7, 11) is 0. The molecule has 0 atom stereocenters. The predicted molar refractivity (Wildman–Crippen MR) is 47.5 cm³/mol. The minimum atomic E-state index is -1.00. The third-order valence-electron chi connectivity index (χ3n) is 1.81. The van der Waals surface area contributed by atoms with Crippen molar-refractivity contribution in [3.63, 3.8) is 0 Å². The monoisotopic (exact) mass is 177 g/mol. The van der Waals surface area contributed by atoms with Gasteiger partial charge in [0.25, 0.3) is 0 Å². The molecule has 0 fully saturated rings. The summed E-state index contributed by atoms with van der Waals surface area (Å²) in [6.07, 6.45) is 1.47. The highest BCUT2D eigenvalue weighted by molar-refractivity contribution is 6.03. The molecule has 1 aromatic heterocycles. The minimum absolute atomic E-state index is 0.170. The van der Waals surface area contributed by atoms with Crippen LogP contribution in [0.2, 0.25) is 0 Å². The van der Waals surface area contributed by atoms with Crippen LogP contribution < -0.4 is 5.73 Å². The molecule has 4 N–H and O–H groups in total. The Balaban J connectivity index is 2.84. The number of hydrogen-bond donors (Lipinski definition) is 3. The molecule has 0 aliphatic rings. The van der Waals surface area contributed by atoms with E-state index in [-0.39, 0.29) is 5.56 Å². The normalized spacial score (nSPS) is 10.5. The van der Waals surface area contributed by atoms with Gasteiger partial charge in [0, 0.05) is 11.1 Å². The number of anilines is 1. The van der Waals surface area contributed by atoms with E-state index < -0.39 is 5.97 Å². The number of carbonyl (C=O) groups is 1. The molecule has 66 valence electrons. The number of aromatic carboxylic acids is 1. The molecule has 1 heterocycles. The van der Waals surface area contributed by atoms with E-state index in [9.17, 15) is 4.79 Å². The summed E-state index contributed by atoms with van der Waals surface area (Å²) in [6, 6.07) is 3.06. The molecule has 0 bridgehead atoms. The fraction of sp³-hybridized carbons (Fsp3) is 0. The van der Waals surface area contributed by atoms with Gasteiger partial charge in [-0.2, -0.15) is 5.10 Å². The highest BCUT2D eigenvalue weighted by Gasteiger charge is 2.10. The topological polar surface area (TPSA) is 92.0 Å². The number of H-pyrrole nitrogens is 1. The first-order chi connectivity index (χ1) is 6.18. The van der Waals surface area contributed by atoms with Crippen molar-refractivity contribution in [1.82, 2.24) is 10.2 Å². The number of nitrogen functional groups attached to an aromatic ring is 1. The lowest BCUT2D eigenvalue weighted by molar-refractivity contribution is 0.0699. The lowest BCUT2D eigenvalue weighted by Crippen LogP contribution is -1.98. The standard InChI is InChI=1S/C8H7N3O2/c9-4-1-5(8(12)13)6-3-10-11-7(6)2-4/h1-3H,9H2,(H,10,11)(H,12,13). The van der Waals surface area contributed by atoms with Crippen molar-refractivity contribution < 1.29 is 9.90 Å². The molecule has 0 saturated heterocycles. The minimum Gasteiger partial charge on any atom is -0.478 e. The Hall–Kier alpha value is -2.04. The van der Waals surface area contributed by atoms with Gasteiger partial charge >= 0.3 is 5.97 Å². The quantitative estimate of drug-likeness (QED) is 0.563. The van der Waals surface area contributed by atoms with Gasteiger partial charge in [0.1, 0.15) is 0 Å². The fourth-order valence-electron chi connectivity index (χ4n) is 1.25. The van der Waals surface area contributed by atoms with Gasteiger partial charge in [0.15, 0.2) is 0 Å². The number of rotatable bonds is 1. The molecule has 5 heteroatoms. The Bertz CT molecular complexity index is 475. The van der Waals surface area contributed by atoms with E-state index >= 15 is 0 Å². The first-order valence-electron chi connectivity index (χ1n) is 3.64. The average Bonchev–Trinajstić information content (AvgIpc) is 2.49. The largest absolute Gasteiger partial charge is 0.478 e. The van der Waals surface area contributed by atoms with Gasteiger partial charge in [-0.3, -0.25) is 5.10 Å². The summed E-state index contributed by atoms with van der Waals surface area (Å²) in [4.78, 5) is 10.8. The van der Waals surface area contributed by atoms with Crippen LogP contribution in [0.1, 0.15) is 10.4 Å². The molecule has 0 aliphatic heterocycles. The highest BCUT2D eigenvalue weighted by Crippen LogP contribution is 2.20. The van der Waals surface area contributed by atoms with Gasteiger partial charge in [-0.05, 0) is 12.1 Å². The van der Waals surface area contributed by atoms with Crippen molar-refractivity contribution in [3.05, 3.63) is 23.9 Å². The number of nitrogens with zero attached hydrogens (tertiary/aromatic N) is 1. The second-order valence-electron chi connectivity index (χ2n) is 2.70. The van der Waals surface area contributed by atoms with Crippen molar-refractivity contribution in [3.8, 4) is 0 Å². The highest BCUT2D eigenvalue weighted by atomic mass is 16.4. The van der Waals surface area contributed by atoms with Crippen LogP contribution in [0.25, 0.3) is 10.9 Å². The molecule has 13 heavy (non-hydrogen) atoms. The Morgan fingerprint density at radius 2 is 2.31 bits per heavy atom. The van der Waals surface area contributed by atoms with Crippen molar-refractivity contribution in [2.24, 2.45) is 0 Å². The Morgan fingerprint density at radius 3 is 3.00 bits per heavy atom. The lowest BCUT2D eigenvalue weighted by atomic mass is 10.1. The number of benzene rings is 1. The Labute approximate surface area is 73.2 Å². The summed E-state index contributed by atoms with van der Waals surface area (Å²) in [5.74, 6) is -1.00. The van der Waals surface area contributed by atoms with Gasteiger partial charge in [-0.1, -0.05) is 0 Å².